The number of urea groups is 1. The molecule has 0 aliphatic carbocycles. The third-order valence-corrected chi connectivity index (χ3v) is 4.57. The molecular formula is C21H20N4O2. The first-order valence-corrected chi connectivity index (χ1v) is 8.83. The number of ether oxygens (including phenoxy) is 1. The molecule has 1 aromatic heterocycles. The van der Waals surface area contributed by atoms with E-state index in [2.05, 4.69) is 10.3 Å². The Morgan fingerprint density at radius 2 is 2.00 bits per heavy atom. The molecule has 0 radical (unpaired) electrons. The number of nitrogens with one attached hydrogen (secondary N) is 1. The minimum absolute atomic E-state index is 0.138. The van der Waals surface area contributed by atoms with Crippen LogP contribution in [0, 0.1) is 0 Å². The summed E-state index contributed by atoms with van der Waals surface area (Å²) in [4.78, 5) is 23.5. The Morgan fingerprint density at radius 1 is 1.15 bits per heavy atom. The molecule has 6 heteroatoms. The predicted octanol–water partition coefficient (Wildman–Crippen LogP) is 3.74. The van der Waals surface area contributed by atoms with Crippen LogP contribution in [-0.4, -0.2) is 34.6 Å². The molecule has 2 heterocycles. The molecule has 2 aromatic carbocycles. The summed E-state index contributed by atoms with van der Waals surface area (Å²) in [6, 6.07) is 17.1. The smallest absolute Gasteiger partial charge is 0.322 e. The Bertz CT molecular complexity index is 959. The fraction of sp³-hybridized carbons (Fsp3) is 0.190. The highest BCUT2D eigenvalue weighted by Crippen LogP contribution is 2.22. The number of fused-ring (bicyclic) bond motifs is 1. The molecule has 6 nitrogen and oxygen atoms in total. The van der Waals surface area contributed by atoms with Crippen molar-refractivity contribution in [2.75, 3.05) is 19.0 Å². The molecule has 1 N–H and O–H groups in total. The van der Waals surface area contributed by atoms with Gasteiger partial charge in [0.05, 0.1) is 19.3 Å². The summed E-state index contributed by atoms with van der Waals surface area (Å²) < 4.78 is 5.19. The molecule has 0 saturated heterocycles. The summed E-state index contributed by atoms with van der Waals surface area (Å²) in [5.74, 6) is 1.43. The molecule has 2 amide bonds. The average Bonchev–Trinajstić information content (AvgIpc) is 2.73. The van der Waals surface area contributed by atoms with Crippen molar-refractivity contribution in [1.29, 1.82) is 0 Å². The first kappa shape index (κ1) is 17.0. The van der Waals surface area contributed by atoms with Crippen LogP contribution in [0.4, 0.5) is 10.5 Å². The van der Waals surface area contributed by atoms with Crippen LogP contribution in [0.15, 0.2) is 60.8 Å². The summed E-state index contributed by atoms with van der Waals surface area (Å²) in [7, 11) is 1.60. The molecular weight excluding hydrogens is 340 g/mol. The maximum absolute atomic E-state index is 12.6. The van der Waals surface area contributed by atoms with Crippen molar-refractivity contribution in [1.82, 2.24) is 14.9 Å². The minimum atomic E-state index is -0.138. The lowest BCUT2D eigenvalue weighted by Crippen LogP contribution is -2.39. The molecule has 0 bridgehead atoms. The van der Waals surface area contributed by atoms with Crippen LogP contribution in [-0.2, 0) is 13.0 Å². The number of amides is 2. The molecule has 0 atom stereocenters. The first-order chi connectivity index (χ1) is 13.2. The Labute approximate surface area is 157 Å². The van der Waals surface area contributed by atoms with Crippen molar-refractivity contribution < 1.29 is 9.53 Å². The number of aromatic nitrogens is 2. The van der Waals surface area contributed by atoms with Crippen LogP contribution < -0.4 is 10.1 Å². The van der Waals surface area contributed by atoms with Gasteiger partial charge in [0, 0.05) is 42.0 Å². The van der Waals surface area contributed by atoms with Gasteiger partial charge in [-0.2, -0.15) is 0 Å². The van der Waals surface area contributed by atoms with Crippen LogP contribution in [0.5, 0.6) is 5.75 Å². The Morgan fingerprint density at radius 3 is 2.81 bits per heavy atom. The molecule has 3 aromatic rings. The van der Waals surface area contributed by atoms with Crippen molar-refractivity contribution in [3.8, 4) is 17.1 Å². The van der Waals surface area contributed by atoms with Gasteiger partial charge < -0.3 is 15.0 Å². The van der Waals surface area contributed by atoms with E-state index in [4.69, 9.17) is 9.72 Å². The molecule has 1 aliphatic rings. The molecule has 0 saturated carbocycles. The third kappa shape index (κ3) is 3.74. The number of hydrogen-bond donors (Lipinski definition) is 1. The first-order valence-electron chi connectivity index (χ1n) is 8.83. The zero-order chi connectivity index (χ0) is 18.6. The van der Waals surface area contributed by atoms with Gasteiger partial charge in [0.15, 0.2) is 5.82 Å². The number of hydrogen-bond acceptors (Lipinski definition) is 4. The summed E-state index contributed by atoms with van der Waals surface area (Å²) in [6.45, 7) is 1.12. The average molecular weight is 360 g/mol. The monoisotopic (exact) mass is 360 g/mol. The number of nitrogens with zero attached hydrogens (tertiary/aromatic N) is 3. The van der Waals surface area contributed by atoms with E-state index in [1.54, 1.807) is 18.1 Å². The van der Waals surface area contributed by atoms with Crippen LogP contribution in [0.3, 0.4) is 0 Å². The quantitative estimate of drug-likeness (QED) is 0.773. The lowest BCUT2D eigenvalue weighted by molar-refractivity contribution is 0.206. The van der Waals surface area contributed by atoms with E-state index >= 15 is 0 Å². The third-order valence-electron chi connectivity index (χ3n) is 4.57. The van der Waals surface area contributed by atoms with Crippen molar-refractivity contribution >= 4 is 11.7 Å². The van der Waals surface area contributed by atoms with Crippen molar-refractivity contribution in [3.05, 3.63) is 72.1 Å². The van der Waals surface area contributed by atoms with E-state index in [1.165, 1.54) is 0 Å². The molecule has 0 fully saturated rings. The van der Waals surface area contributed by atoms with Gasteiger partial charge in [-0.05, 0) is 12.1 Å². The van der Waals surface area contributed by atoms with Gasteiger partial charge >= 0.3 is 6.03 Å². The zero-order valence-electron chi connectivity index (χ0n) is 15.1. The number of carbonyl (C=O) groups excluding carboxylic acids is 1. The van der Waals surface area contributed by atoms with Crippen molar-refractivity contribution in [2.24, 2.45) is 0 Å². The summed E-state index contributed by atoms with van der Waals surface area (Å²) in [5.41, 5.74) is 3.70. The number of methoxy groups -OCH3 is 1. The highest BCUT2D eigenvalue weighted by molar-refractivity contribution is 5.89. The topological polar surface area (TPSA) is 67.3 Å². The fourth-order valence-corrected chi connectivity index (χ4v) is 3.12. The van der Waals surface area contributed by atoms with Crippen LogP contribution in [0.25, 0.3) is 11.4 Å². The zero-order valence-corrected chi connectivity index (χ0v) is 15.1. The van der Waals surface area contributed by atoms with E-state index in [0.717, 1.165) is 22.6 Å². The van der Waals surface area contributed by atoms with Crippen molar-refractivity contribution in [3.63, 3.8) is 0 Å². The molecule has 0 unspecified atom stereocenters. The molecule has 27 heavy (non-hydrogen) atoms. The highest BCUT2D eigenvalue weighted by atomic mass is 16.5. The summed E-state index contributed by atoms with van der Waals surface area (Å²) in [6.07, 6.45) is 2.54. The standard InChI is InChI=1S/C21H20N4O2/c1-27-18-9-5-8-17(12-18)23-21(26)25-11-10-19-16(14-25)13-22-20(24-19)15-6-3-2-4-7-15/h2-9,12-13H,10-11,14H2,1H3,(H,23,26). The van der Waals surface area contributed by atoms with E-state index in [0.29, 0.717) is 30.9 Å². The number of benzene rings is 2. The van der Waals surface area contributed by atoms with E-state index in [1.807, 2.05) is 54.7 Å². The molecule has 0 spiro atoms. The second kappa shape index (κ2) is 7.45. The van der Waals surface area contributed by atoms with Gasteiger partial charge in [-0.15, -0.1) is 0 Å². The Balaban J connectivity index is 1.47. The van der Waals surface area contributed by atoms with Crippen LogP contribution in [0.2, 0.25) is 0 Å². The van der Waals surface area contributed by atoms with Crippen molar-refractivity contribution in [2.45, 2.75) is 13.0 Å². The lowest BCUT2D eigenvalue weighted by atomic mass is 10.1. The van der Waals surface area contributed by atoms with Crippen LogP contribution in [0.1, 0.15) is 11.3 Å². The number of rotatable bonds is 3. The van der Waals surface area contributed by atoms with Crippen LogP contribution >= 0.6 is 0 Å². The largest absolute Gasteiger partial charge is 0.497 e. The summed E-state index contributed by atoms with van der Waals surface area (Å²) in [5, 5.41) is 2.92. The minimum Gasteiger partial charge on any atom is -0.497 e. The SMILES string of the molecule is COc1cccc(NC(=O)N2CCc3nc(-c4ccccc4)ncc3C2)c1. The van der Waals surface area contributed by atoms with Gasteiger partial charge in [0.1, 0.15) is 5.75 Å². The molecule has 1 aliphatic heterocycles. The van der Waals surface area contributed by atoms with Gasteiger partial charge in [-0.1, -0.05) is 36.4 Å². The molecule has 136 valence electrons. The van der Waals surface area contributed by atoms with Gasteiger partial charge in [-0.3, -0.25) is 0 Å². The second-order valence-electron chi connectivity index (χ2n) is 6.37. The highest BCUT2D eigenvalue weighted by Gasteiger charge is 2.22. The lowest BCUT2D eigenvalue weighted by Gasteiger charge is -2.28. The Hall–Kier alpha value is -3.41. The predicted molar refractivity (Wildman–Crippen MR) is 104 cm³/mol. The van der Waals surface area contributed by atoms with Gasteiger partial charge in [0.25, 0.3) is 0 Å². The van der Waals surface area contributed by atoms with Gasteiger partial charge in [-0.25, -0.2) is 14.8 Å². The van der Waals surface area contributed by atoms with E-state index in [9.17, 15) is 4.79 Å². The fourth-order valence-electron chi connectivity index (χ4n) is 3.12. The van der Waals surface area contributed by atoms with E-state index in [-0.39, 0.29) is 6.03 Å². The second-order valence-corrected chi connectivity index (χ2v) is 6.37. The maximum atomic E-state index is 12.6. The number of anilines is 1. The maximum Gasteiger partial charge on any atom is 0.322 e. The normalized spacial score (nSPS) is 13.0. The molecule has 4 rings (SSSR count). The van der Waals surface area contributed by atoms with E-state index < -0.39 is 0 Å². The van der Waals surface area contributed by atoms with Gasteiger partial charge in [0.2, 0.25) is 0 Å². The number of carbonyl (C=O) groups is 1. The summed E-state index contributed by atoms with van der Waals surface area (Å²) >= 11 is 0. The Kier molecular flexibility index (Phi) is 4.70.